The predicted molar refractivity (Wildman–Crippen MR) is 214 cm³/mol. The summed E-state index contributed by atoms with van der Waals surface area (Å²) < 4.78 is 2.24. The van der Waals surface area contributed by atoms with Gasteiger partial charge in [0.05, 0.1) is 29.3 Å². The summed E-state index contributed by atoms with van der Waals surface area (Å²) >= 11 is 0. The number of amides is 5. The molecule has 6 aromatic rings. The standard InChI is InChI=1S/C44H39N9O5/c1-3-39-49-41(38-24-51(25(2)54)16-17-52(38)39)30-8-4-6-27-19-35(47-22-32(27)30)28-10-11-34(46-21-28)42(56)48-20-26-14-15-45-36(18-26)29-7-5-9-31-33(29)23-53(44(31)58)37-12-13-40(55)50-43(37)57/h4-11,14-15,18-19,21-22,37H,3,12-13,16-17,20,23-24H2,1-2H3,(H,48,56)(H,50,55,57). The molecule has 3 aliphatic rings. The lowest BCUT2D eigenvalue weighted by Gasteiger charge is -2.29. The van der Waals surface area contributed by atoms with Crippen LogP contribution in [0.25, 0.3) is 44.5 Å². The van der Waals surface area contributed by atoms with Crippen molar-refractivity contribution in [2.24, 2.45) is 0 Å². The Hall–Kier alpha value is -7.09. The topological polar surface area (TPSA) is 172 Å². The van der Waals surface area contributed by atoms with Gasteiger partial charge >= 0.3 is 0 Å². The number of nitrogens with one attached hydrogen (secondary N) is 2. The number of carbonyl (C=O) groups excluding carboxylic acids is 5. The molecule has 1 unspecified atom stereocenters. The van der Waals surface area contributed by atoms with Crippen molar-refractivity contribution in [2.45, 2.75) is 65.3 Å². The Kier molecular flexibility index (Phi) is 9.31. The molecule has 14 nitrogen and oxygen atoms in total. The van der Waals surface area contributed by atoms with Crippen LogP contribution in [0.5, 0.6) is 0 Å². The lowest BCUT2D eigenvalue weighted by atomic mass is 9.99. The lowest BCUT2D eigenvalue weighted by molar-refractivity contribution is -0.137. The van der Waals surface area contributed by atoms with Crippen molar-refractivity contribution in [3.8, 4) is 33.8 Å². The average Bonchev–Trinajstić information content (AvgIpc) is 3.79. The van der Waals surface area contributed by atoms with Crippen molar-refractivity contribution in [1.29, 1.82) is 0 Å². The van der Waals surface area contributed by atoms with Crippen molar-refractivity contribution >= 4 is 40.3 Å². The third-order valence-electron chi connectivity index (χ3n) is 11.3. The Labute approximate surface area is 333 Å². The van der Waals surface area contributed by atoms with Crippen LogP contribution < -0.4 is 10.6 Å². The summed E-state index contributed by atoms with van der Waals surface area (Å²) in [6, 6.07) is 20.0. The number of imide groups is 1. The van der Waals surface area contributed by atoms with E-state index in [1.165, 1.54) is 4.90 Å². The number of hydrogen-bond donors (Lipinski definition) is 2. The zero-order valence-corrected chi connectivity index (χ0v) is 32.0. The number of benzene rings is 2. The number of rotatable bonds is 8. The number of piperidine rings is 1. The van der Waals surface area contributed by atoms with Crippen LogP contribution in [0.1, 0.15) is 70.2 Å². The van der Waals surface area contributed by atoms with E-state index in [0.717, 1.165) is 68.8 Å². The highest BCUT2D eigenvalue weighted by Gasteiger charge is 2.40. The van der Waals surface area contributed by atoms with Crippen molar-refractivity contribution in [3.05, 3.63) is 119 Å². The number of hydrogen-bond acceptors (Lipinski definition) is 9. The summed E-state index contributed by atoms with van der Waals surface area (Å²) in [7, 11) is 0. The Morgan fingerprint density at radius 2 is 1.71 bits per heavy atom. The first kappa shape index (κ1) is 36.5. The molecule has 3 aliphatic heterocycles. The molecule has 1 saturated heterocycles. The maximum atomic E-state index is 13.3. The van der Waals surface area contributed by atoms with Crippen LogP contribution in [-0.4, -0.2) is 76.4 Å². The zero-order chi connectivity index (χ0) is 40.1. The monoisotopic (exact) mass is 773 g/mol. The van der Waals surface area contributed by atoms with Crippen molar-refractivity contribution in [1.82, 2.24) is 44.9 Å². The molecule has 1 fully saturated rings. The number of aryl methyl sites for hydroxylation is 1. The Morgan fingerprint density at radius 3 is 2.50 bits per heavy atom. The summed E-state index contributed by atoms with van der Waals surface area (Å²) in [4.78, 5) is 85.3. The van der Waals surface area contributed by atoms with Gasteiger partial charge in [-0.2, -0.15) is 0 Å². The second-order valence-corrected chi connectivity index (χ2v) is 14.8. The van der Waals surface area contributed by atoms with Gasteiger partial charge in [-0.1, -0.05) is 37.3 Å². The van der Waals surface area contributed by atoms with Crippen LogP contribution in [0, 0.1) is 0 Å². The number of fused-ring (bicyclic) bond motifs is 3. The highest BCUT2D eigenvalue weighted by atomic mass is 16.2. The van der Waals surface area contributed by atoms with E-state index in [-0.39, 0.29) is 55.3 Å². The maximum Gasteiger partial charge on any atom is 0.270 e. The molecule has 5 amide bonds. The predicted octanol–water partition coefficient (Wildman–Crippen LogP) is 4.84. The van der Waals surface area contributed by atoms with Gasteiger partial charge in [0, 0.05) is 92.2 Å². The molecular weight excluding hydrogens is 735 g/mol. The van der Waals surface area contributed by atoms with Gasteiger partial charge in [0.15, 0.2) is 0 Å². The lowest BCUT2D eigenvalue weighted by Crippen LogP contribution is -2.52. The average molecular weight is 774 g/mol. The van der Waals surface area contributed by atoms with Crippen LogP contribution >= 0.6 is 0 Å². The number of carbonyl (C=O) groups is 5. The fourth-order valence-electron chi connectivity index (χ4n) is 8.24. The molecule has 0 spiro atoms. The van der Waals surface area contributed by atoms with Crippen molar-refractivity contribution in [3.63, 3.8) is 0 Å². The van der Waals surface area contributed by atoms with Gasteiger partial charge in [0.1, 0.15) is 17.6 Å². The number of imidazole rings is 1. The quantitative estimate of drug-likeness (QED) is 0.206. The third kappa shape index (κ3) is 6.55. The number of nitrogens with zero attached hydrogens (tertiary/aromatic N) is 7. The Balaban J connectivity index is 0.888. The van der Waals surface area contributed by atoms with Crippen LogP contribution in [0.4, 0.5) is 0 Å². The highest BCUT2D eigenvalue weighted by molar-refractivity contribution is 6.06. The molecule has 14 heteroatoms. The summed E-state index contributed by atoms with van der Waals surface area (Å²) in [5, 5.41) is 7.23. The van der Waals surface area contributed by atoms with Crippen molar-refractivity contribution < 1.29 is 24.0 Å². The number of aromatic nitrogens is 5. The van der Waals surface area contributed by atoms with E-state index in [1.807, 2.05) is 53.6 Å². The van der Waals surface area contributed by atoms with Gasteiger partial charge in [-0.05, 0) is 59.3 Å². The van der Waals surface area contributed by atoms with Gasteiger partial charge in [0.2, 0.25) is 17.7 Å². The maximum absolute atomic E-state index is 13.3. The van der Waals surface area contributed by atoms with Gasteiger partial charge in [0.25, 0.3) is 11.8 Å². The minimum absolute atomic E-state index is 0.0518. The molecule has 0 saturated carbocycles. The summed E-state index contributed by atoms with van der Waals surface area (Å²) in [6.07, 6.45) is 6.41. The Bertz CT molecular complexity index is 2690. The van der Waals surface area contributed by atoms with E-state index in [9.17, 15) is 24.0 Å². The fraction of sp³-hybridized carbons (Fsp3) is 0.250. The van der Waals surface area contributed by atoms with Crippen LogP contribution in [-0.2, 0) is 47.0 Å². The van der Waals surface area contributed by atoms with E-state index < -0.39 is 11.9 Å². The second kappa shape index (κ2) is 14.8. The second-order valence-electron chi connectivity index (χ2n) is 14.8. The zero-order valence-electron chi connectivity index (χ0n) is 32.0. The molecule has 2 aromatic carbocycles. The first-order valence-corrected chi connectivity index (χ1v) is 19.4. The van der Waals surface area contributed by atoms with Crippen LogP contribution in [0.15, 0.2) is 85.3 Å². The molecule has 0 radical (unpaired) electrons. The molecular formula is C44H39N9O5. The molecule has 4 aromatic heterocycles. The van der Waals surface area contributed by atoms with Crippen LogP contribution in [0.2, 0.25) is 0 Å². The van der Waals surface area contributed by atoms with E-state index in [0.29, 0.717) is 30.0 Å². The molecule has 0 bridgehead atoms. The molecule has 1 atom stereocenters. The third-order valence-corrected chi connectivity index (χ3v) is 11.3. The van der Waals surface area contributed by atoms with E-state index in [1.54, 1.807) is 37.5 Å². The SMILES string of the molecule is CCc1nc(-c2cccc3cc(-c4ccc(C(=O)NCc5ccnc(-c6cccc7c6CN(C6CCC(=O)NC6=O)C7=O)c5)nc4)ncc23)c2n1CCN(C(C)=O)C2. The Morgan fingerprint density at radius 1 is 0.879 bits per heavy atom. The summed E-state index contributed by atoms with van der Waals surface area (Å²) in [5.41, 5.74) is 8.08. The van der Waals surface area contributed by atoms with Crippen LogP contribution in [0.3, 0.4) is 0 Å². The molecule has 0 aliphatic carbocycles. The first-order chi connectivity index (χ1) is 28.2. The summed E-state index contributed by atoms with van der Waals surface area (Å²) in [6.45, 7) is 6.05. The molecule has 290 valence electrons. The number of pyridine rings is 3. The van der Waals surface area contributed by atoms with Gasteiger partial charge in [-0.15, -0.1) is 0 Å². The molecule has 9 rings (SSSR count). The molecule has 58 heavy (non-hydrogen) atoms. The van der Waals surface area contributed by atoms with Gasteiger partial charge in [-0.3, -0.25) is 44.2 Å². The van der Waals surface area contributed by atoms with E-state index in [2.05, 4.69) is 38.2 Å². The van der Waals surface area contributed by atoms with E-state index >= 15 is 0 Å². The fourth-order valence-corrected chi connectivity index (χ4v) is 8.24. The minimum Gasteiger partial charge on any atom is -0.347 e. The normalized spacial score (nSPS) is 16.3. The van der Waals surface area contributed by atoms with Gasteiger partial charge < -0.3 is 19.7 Å². The highest BCUT2D eigenvalue weighted by Crippen LogP contribution is 2.36. The van der Waals surface area contributed by atoms with Crippen molar-refractivity contribution in [2.75, 3.05) is 6.54 Å². The molecule has 7 heterocycles. The first-order valence-electron chi connectivity index (χ1n) is 19.4. The smallest absolute Gasteiger partial charge is 0.270 e. The summed E-state index contributed by atoms with van der Waals surface area (Å²) in [5.74, 6) is -0.330. The largest absolute Gasteiger partial charge is 0.347 e. The molecule has 2 N–H and O–H groups in total. The van der Waals surface area contributed by atoms with Gasteiger partial charge in [-0.25, -0.2) is 4.98 Å². The van der Waals surface area contributed by atoms with E-state index in [4.69, 9.17) is 9.97 Å². The minimum atomic E-state index is -0.712.